The number of unbranched alkanes of at least 4 members (excludes halogenated alkanes) is 1. The zero-order valence-corrected chi connectivity index (χ0v) is 10.4. The lowest BCUT2D eigenvalue weighted by atomic mass is 10.1. The van der Waals surface area contributed by atoms with Crippen molar-refractivity contribution in [3.05, 3.63) is 47.8 Å². The molecular weight excluding hydrogens is 222 g/mol. The van der Waals surface area contributed by atoms with Gasteiger partial charge >= 0.3 is 0 Å². The summed E-state index contributed by atoms with van der Waals surface area (Å²) in [5, 5.41) is 8.69. The van der Waals surface area contributed by atoms with Crippen LogP contribution in [0.4, 0.5) is 0 Å². The minimum Gasteiger partial charge on any atom is -0.235 e. The molecule has 0 bridgehead atoms. The van der Waals surface area contributed by atoms with Crippen molar-refractivity contribution in [1.29, 1.82) is 5.26 Å². The van der Waals surface area contributed by atoms with E-state index >= 15 is 0 Å². The molecule has 3 heteroatoms. The Morgan fingerprint density at radius 2 is 1.78 bits per heavy atom. The van der Waals surface area contributed by atoms with Crippen molar-refractivity contribution in [2.75, 3.05) is 0 Å². The van der Waals surface area contributed by atoms with Crippen molar-refractivity contribution in [2.45, 2.75) is 26.2 Å². The largest absolute Gasteiger partial charge is 0.235 e. The molecule has 0 aliphatic rings. The molecule has 0 spiro atoms. The molecule has 0 aliphatic carbocycles. The van der Waals surface area contributed by atoms with Gasteiger partial charge in [0.2, 0.25) is 0 Å². The van der Waals surface area contributed by atoms with Gasteiger partial charge in [-0.15, -0.1) is 0 Å². The minimum atomic E-state index is 0.485. The Kier molecular flexibility index (Phi) is 4.03. The van der Waals surface area contributed by atoms with E-state index in [-0.39, 0.29) is 0 Å². The van der Waals surface area contributed by atoms with Gasteiger partial charge in [0.15, 0.2) is 5.82 Å². The lowest BCUT2D eigenvalue weighted by molar-refractivity contribution is 0.795. The van der Waals surface area contributed by atoms with Crippen molar-refractivity contribution in [2.24, 2.45) is 0 Å². The third kappa shape index (κ3) is 2.92. The van der Waals surface area contributed by atoms with Gasteiger partial charge in [-0.25, -0.2) is 9.97 Å². The molecular formula is C15H15N3. The topological polar surface area (TPSA) is 49.6 Å². The van der Waals surface area contributed by atoms with Gasteiger partial charge < -0.3 is 0 Å². The number of nitriles is 1. The van der Waals surface area contributed by atoms with Crippen LogP contribution in [0.15, 0.2) is 36.7 Å². The molecule has 0 radical (unpaired) electrons. The van der Waals surface area contributed by atoms with Crippen LogP contribution in [-0.2, 0) is 6.42 Å². The van der Waals surface area contributed by atoms with Crippen molar-refractivity contribution >= 4 is 0 Å². The fourth-order valence-corrected chi connectivity index (χ4v) is 1.74. The van der Waals surface area contributed by atoms with Crippen LogP contribution in [-0.4, -0.2) is 9.97 Å². The fourth-order valence-electron chi connectivity index (χ4n) is 1.74. The molecule has 0 fully saturated rings. The monoisotopic (exact) mass is 237 g/mol. The number of hydrogen-bond acceptors (Lipinski definition) is 3. The van der Waals surface area contributed by atoms with E-state index in [0.29, 0.717) is 11.4 Å². The van der Waals surface area contributed by atoms with E-state index in [2.05, 4.69) is 29.0 Å². The summed E-state index contributed by atoms with van der Waals surface area (Å²) in [5.74, 6) is 0.663. The van der Waals surface area contributed by atoms with Crippen LogP contribution in [0, 0.1) is 11.3 Å². The van der Waals surface area contributed by atoms with E-state index in [1.807, 2.05) is 18.2 Å². The first-order valence-corrected chi connectivity index (χ1v) is 6.15. The third-order valence-corrected chi connectivity index (χ3v) is 2.81. The Morgan fingerprint density at radius 3 is 2.33 bits per heavy atom. The molecule has 0 amide bonds. The molecule has 3 nitrogen and oxygen atoms in total. The van der Waals surface area contributed by atoms with Crippen LogP contribution in [0.25, 0.3) is 11.4 Å². The first-order chi connectivity index (χ1) is 8.83. The Labute approximate surface area is 107 Å². The Bertz CT molecular complexity index is 535. The lowest BCUT2D eigenvalue weighted by Crippen LogP contribution is -1.90. The van der Waals surface area contributed by atoms with Gasteiger partial charge in [-0.2, -0.15) is 5.26 Å². The van der Waals surface area contributed by atoms with Crippen molar-refractivity contribution in [3.8, 4) is 17.5 Å². The van der Waals surface area contributed by atoms with Crippen molar-refractivity contribution in [3.63, 3.8) is 0 Å². The molecule has 1 aromatic carbocycles. The average molecular weight is 237 g/mol. The molecule has 0 saturated carbocycles. The van der Waals surface area contributed by atoms with E-state index in [4.69, 9.17) is 5.26 Å². The van der Waals surface area contributed by atoms with E-state index in [1.165, 1.54) is 18.4 Å². The molecule has 0 saturated heterocycles. The van der Waals surface area contributed by atoms with Crippen LogP contribution >= 0.6 is 0 Å². The number of hydrogen-bond donors (Lipinski definition) is 0. The maximum absolute atomic E-state index is 8.69. The van der Waals surface area contributed by atoms with Gasteiger partial charge in [0, 0.05) is 18.0 Å². The molecule has 0 atom stereocenters. The molecule has 1 heterocycles. The maximum atomic E-state index is 8.69. The Balaban J connectivity index is 2.15. The summed E-state index contributed by atoms with van der Waals surface area (Å²) in [5.41, 5.74) is 2.81. The summed E-state index contributed by atoms with van der Waals surface area (Å²) in [4.78, 5) is 8.36. The lowest BCUT2D eigenvalue weighted by Gasteiger charge is -2.02. The zero-order chi connectivity index (χ0) is 12.8. The van der Waals surface area contributed by atoms with Crippen LogP contribution in [0.3, 0.4) is 0 Å². The highest BCUT2D eigenvalue weighted by atomic mass is 14.9. The SMILES string of the molecule is CCCCc1ccc(-c2ncc(C#N)cn2)cc1. The maximum Gasteiger partial charge on any atom is 0.159 e. The smallest absolute Gasteiger partial charge is 0.159 e. The highest BCUT2D eigenvalue weighted by molar-refractivity contribution is 5.55. The first kappa shape index (κ1) is 12.3. The van der Waals surface area contributed by atoms with Crippen LogP contribution in [0.1, 0.15) is 30.9 Å². The summed E-state index contributed by atoms with van der Waals surface area (Å²) in [6.45, 7) is 2.19. The van der Waals surface area contributed by atoms with Crippen molar-refractivity contribution < 1.29 is 0 Å². The van der Waals surface area contributed by atoms with Gasteiger partial charge in [-0.05, 0) is 18.4 Å². The Hall–Kier alpha value is -2.21. The zero-order valence-electron chi connectivity index (χ0n) is 10.4. The predicted octanol–water partition coefficient (Wildman–Crippen LogP) is 3.36. The minimum absolute atomic E-state index is 0.485. The summed E-state index contributed by atoms with van der Waals surface area (Å²) < 4.78 is 0. The second-order valence-corrected chi connectivity index (χ2v) is 4.21. The quantitative estimate of drug-likeness (QED) is 0.819. The predicted molar refractivity (Wildman–Crippen MR) is 70.8 cm³/mol. The number of aromatic nitrogens is 2. The second kappa shape index (κ2) is 5.92. The highest BCUT2D eigenvalue weighted by Crippen LogP contribution is 2.16. The van der Waals surface area contributed by atoms with E-state index in [0.717, 1.165) is 12.0 Å². The molecule has 90 valence electrons. The van der Waals surface area contributed by atoms with Crippen LogP contribution < -0.4 is 0 Å². The highest BCUT2D eigenvalue weighted by Gasteiger charge is 2.01. The Morgan fingerprint density at radius 1 is 1.11 bits per heavy atom. The summed E-state index contributed by atoms with van der Waals surface area (Å²) >= 11 is 0. The van der Waals surface area contributed by atoms with Crippen LogP contribution in [0.5, 0.6) is 0 Å². The first-order valence-electron chi connectivity index (χ1n) is 6.15. The molecule has 2 rings (SSSR count). The van der Waals surface area contributed by atoms with E-state index in [1.54, 1.807) is 12.4 Å². The molecule has 0 N–H and O–H groups in total. The number of rotatable bonds is 4. The summed E-state index contributed by atoms with van der Waals surface area (Å²) in [7, 11) is 0. The van der Waals surface area contributed by atoms with Gasteiger partial charge in [-0.1, -0.05) is 37.6 Å². The van der Waals surface area contributed by atoms with Crippen LogP contribution in [0.2, 0.25) is 0 Å². The number of nitrogens with zero attached hydrogens (tertiary/aromatic N) is 3. The third-order valence-electron chi connectivity index (χ3n) is 2.81. The van der Waals surface area contributed by atoms with Crippen molar-refractivity contribution in [1.82, 2.24) is 9.97 Å². The normalized spacial score (nSPS) is 10.0. The van der Waals surface area contributed by atoms with Gasteiger partial charge in [0.25, 0.3) is 0 Å². The molecule has 0 unspecified atom stereocenters. The van der Waals surface area contributed by atoms with Gasteiger partial charge in [0.05, 0.1) is 5.56 Å². The number of aryl methyl sites for hydroxylation is 1. The molecule has 18 heavy (non-hydrogen) atoms. The van der Waals surface area contributed by atoms with E-state index < -0.39 is 0 Å². The second-order valence-electron chi connectivity index (χ2n) is 4.21. The molecule has 2 aromatic rings. The fraction of sp³-hybridized carbons (Fsp3) is 0.267. The molecule has 0 aliphatic heterocycles. The van der Waals surface area contributed by atoms with Gasteiger partial charge in [0.1, 0.15) is 6.07 Å². The number of benzene rings is 1. The average Bonchev–Trinajstić information content (AvgIpc) is 2.46. The molecule has 1 aromatic heterocycles. The standard InChI is InChI=1S/C15H15N3/c1-2-3-4-12-5-7-14(8-6-12)15-17-10-13(9-16)11-18-15/h5-8,10-11H,2-4H2,1H3. The summed E-state index contributed by atoms with van der Waals surface area (Å²) in [6.07, 6.45) is 6.64. The summed E-state index contributed by atoms with van der Waals surface area (Å²) in [6, 6.07) is 10.3. The van der Waals surface area contributed by atoms with E-state index in [9.17, 15) is 0 Å². The van der Waals surface area contributed by atoms with Gasteiger partial charge in [-0.3, -0.25) is 0 Å².